The summed E-state index contributed by atoms with van der Waals surface area (Å²) in [7, 11) is 1.61. The number of Topliss-reactive ketones (excluding diaryl/α,β-unsaturated/α-hetero) is 1. The van der Waals surface area contributed by atoms with Crippen LogP contribution in [0, 0.1) is 5.82 Å². The van der Waals surface area contributed by atoms with E-state index in [0.29, 0.717) is 12.3 Å². The molecule has 2 N–H and O–H groups in total. The monoisotopic (exact) mass is 466 g/mol. The van der Waals surface area contributed by atoms with Crippen LogP contribution in [0.25, 0.3) is 5.65 Å². The number of benzene rings is 1. The number of carbonyl (C=O) groups is 4. The number of fused-ring (bicyclic) bond motifs is 2. The molecule has 0 radical (unpaired) electrons. The lowest BCUT2D eigenvalue weighted by molar-refractivity contribution is -0.141. The molecular formula is C22H19FN6O5. The fraction of sp³-hybridized carbons (Fsp3) is 0.273. The maximum absolute atomic E-state index is 14.2. The molecule has 0 bridgehead atoms. The molecule has 1 fully saturated rings. The summed E-state index contributed by atoms with van der Waals surface area (Å²) in [5.74, 6) is -1.78. The second kappa shape index (κ2) is 8.21. The van der Waals surface area contributed by atoms with Gasteiger partial charge in [-0.2, -0.15) is 5.10 Å². The number of hydrogen-bond acceptors (Lipinski definition) is 7. The molecule has 0 spiro atoms. The van der Waals surface area contributed by atoms with Crippen molar-refractivity contribution in [1.82, 2.24) is 30.1 Å². The van der Waals surface area contributed by atoms with E-state index in [0.717, 1.165) is 21.8 Å². The van der Waals surface area contributed by atoms with Crippen LogP contribution in [0.4, 0.5) is 4.39 Å². The minimum Gasteiger partial charge on any atom is -0.486 e. The van der Waals surface area contributed by atoms with Crippen molar-refractivity contribution in [2.24, 2.45) is 0 Å². The Bertz CT molecular complexity index is 1370. The molecule has 0 unspecified atom stereocenters. The van der Waals surface area contributed by atoms with Crippen molar-refractivity contribution in [2.45, 2.75) is 19.0 Å². The van der Waals surface area contributed by atoms with Crippen molar-refractivity contribution < 1.29 is 28.3 Å². The van der Waals surface area contributed by atoms with Crippen LogP contribution >= 0.6 is 0 Å². The van der Waals surface area contributed by atoms with Crippen molar-refractivity contribution >= 4 is 29.2 Å². The first-order chi connectivity index (χ1) is 16.3. The lowest BCUT2D eigenvalue weighted by atomic mass is 10.0. The Morgan fingerprint density at radius 3 is 2.82 bits per heavy atom. The standard InChI is InChI=1S/C22H19FN6O5/c1-28-9-16(22(28)33)27-21(32)17-6-15(26-19-14(23)8-25-29(17)19)20(31)24-7-11-2-3-18-12(4-11)5-13(30)10-34-18/h2-4,6,8,16H,5,7,9-10H2,1H3,(H,24,31)(H,27,32)/t16-/m0/s1. The first-order valence-corrected chi connectivity index (χ1v) is 10.4. The number of hydrogen-bond donors (Lipinski definition) is 2. The summed E-state index contributed by atoms with van der Waals surface area (Å²) >= 11 is 0. The van der Waals surface area contributed by atoms with Crippen LogP contribution in [-0.4, -0.2) is 69.2 Å². The summed E-state index contributed by atoms with van der Waals surface area (Å²) in [5, 5.41) is 9.06. The zero-order valence-electron chi connectivity index (χ0n) is 18.0. The number of carbonyl (C=O) groups excluding carboxylic acids is 4. The average molecular weight is 466 g/mol. The minimum atomic E-state index is -0.803. The predicted molar refractivity (Wildman–Crippen MR) is 114 cm³/mol. The molecule has 4 heterocycles. The Balaban J connectivity index is 1.36. The molecule has 12 heteroatoms. The van der Waals surface area contributed by atoms with Crippen LogP contribution in [-0.2, 0) is 22.6 Å². The molecule has 2 aromatic heterocycles. The SMILES string of the molecule is CN1C[C@H](NC(=O)c2cc(C(=O)NCc3ccc4c(c3)CC(=O)CO4)nc3c(F)cnn23)C1=O. The molecule has 0 saturated carbocycles. The van der Waals surface area contributed by atoms with Gasteiger partial charge in [0.25, 0.3) is 11.8 Å². The first kappa shape index (κ1) is 21.5. The molecule has 3 aromatic rings. The number of amides is 3. The highest BCUT2D eigenvalue weighted by atomic mass is 19.1. The number of nitrogens with one attached hydrogen (secondary N) is 2. The highest BCUT2D eigenvalue weighted by molar-refractivity contribution is 6.01. The molecule has 3 amide bonds. The topological polar surface area (TPSA) is 135 Å². The summed E-state index contributed by atoms with van der Waals surface area (Å²) < 4.78 is 20.6. The van der Waals surface area contributed by atoms with E-state index in [1.165, 1.54) is 11.0 Å². The van der Waals surface area contributed by atoms with Gasteiger partial charge in [-0.25, -0.2) is 13.9 Å². The molecule has 1 atom stereocenters. The van der Waals surface area contributed by atoms with Crippen molar-refractivity contribution in [3.8, 4) is 5.75 Å². The Morgan fingerprint density at radius 2 is 2.06 bits per heavy atom. The second-order valence-corrected chi connectivity index (χ2v) is 8.13. The van der Waals surface area contributed by atoms with Crippen LogP contribution in [0.5, 0.6) is 5.75 Å². The average Bonchev–Trinajstić information content (AvgIpc) is 3.21. The van der Waals surface area contributed by atoms with E-state index < -0.39 is 23.7 Å². The van der Waals surface area contributed by atoms with Gasteiger partial charge in [0.05, 0.1) is 6.20 Å². The summed E-state index contributed by atoms with van der Waals surface area (Å²) in [6.45, 7) is 0.500. The van der Waals surface area contributed by atoms with E-state index in [9.17, 15) is 23.6 Å². The predicted octanol–water partition coefficient (Wildman–Crippen LogP) is -0.127. The van der Waals surface area contributed by atoms with Crippen molar-refractivity contribution in [2.75, 3.05) is 20.2 Å². The number of likely N-dealkylation sites (N-methyl/N-ethyl adjacent to an activating group) is 1. The van der Waals surface area contributed by atoms with E-state index in [2.05, 4.69) is 20.7 Å². The summed E-state index contributed by atoms with van der Waals surface area (Å²) in [6.07, 6.45) is 1.15. The Labute approximate surface area is 191 Å². The highest BCUT2D eigenvalue weighted by Crippen LogP contribution is 2.24. The second-order valence-electron chi connectivity index (χ2n) is 8.13. The van der Waals surface area contributed by atoms with Crippen LogP contribution in [0.15, 0.2) is 30.5 Å². The van der Waals surface area contributed by atoms with Gasteiger partial charge in [0.15, 0.2) is 17.2 Å². The van der Waals surface area contributed by atoms with Gasteiger partial charge < -0.3 is 20.3 Å². The number of rotatable bonds is 5. The van der Waals surface area contributed by atoms with E-state index in [1.807, 2.05) is 0 Å². The molecule has 34 heavy (non-hydrogen) atoms. The molecule has 1 aromatic carbocycles. The van der Waals surface area contributed by atoms with Crippen molar-refractivity contribution in [3.63, 3.8) is 0 Å². The zero-order chi connectivity index (χ0) is 24.0. The van der Waals surface area contributed by atoms with Gasteiger partial charge >= 0.3 is 0 Å². The quantitative estimate of drug-likeness (QED) is 0.500. The number of ether oxygens (including phenoxy) is 1. The maximum Gasteiger partial charge on any atom is 0.270 e. The molecule has 1 saturated heterocycles. The van der Waals surface area contributed by atoms with Gasteiger partial charge in [-0.15, -0.1) is 0 Å². The van der Waals surface area contributed by atoms with Gasteiger partial charge in [0.1, 0.15) is 29.8 Å². The van der Waals surface area contributed by atoms with Crippen LogP contribution in [0.1, 0.15) is 32.1 Å². The number of β-lactam (4-membered cyclic amide) rings is 1. The molecule has 5 rings (SSSR count). The highest BCUT2D eigenvalue weighted by Gasteiger charge is 2.35. The van der Waals surface area contributed by atoms with Crippen LogP contribution in [0.3, 0.4) is 0 Å². The largest absolute Gasteiger partial charge is 0.486 e. The van der Waals surface area contributed by atoms with E-state index in [4.69, 9.17) is 4.74 Å². The number of likely N-dealkylation sites (tertiary alicyclic amines) is 1. The summed E-state index contributed by atoms with van der Waals surface area (Å²) in [6, 6.07) is 5.75. The Morgan fingerprint density at radius 1 is 1.24 bits per heavy atom. The van der Waals surface area contributed by atoms with Gasteiger partial charge in [0, 0.05) is 38.2 Å². The van der Waals surface area contributed by atoms with E-state index >= 15 is 0 Å². The summed E-state index contributed by atoms with van der Waals surface area (Å²) in [5.41, 5.74) is 0.849. The first-order valence-electron chi connectivity index (χ1n) is 10.4. The number of ketones is 1. The molecule has 0 aliphatic carbocycles. The molecule has 174 valence electrons. The maximum atomic E-state index is 14.2. The smallest absolute Gasteiger partial charge is 0.270 e. The van der Waals surface area contributed by atoms with Gasteiger partial charge in [-0.05, 0) is 17.7 Å². The van der Waals surface area contributed by atoms with Crippen molar-refractivity contribution in [3.05, 3.63) is 58.8 Å². The lowest BCUT2D eigenvalue weighted by Crippen LogP contribution is -2.62. The Hall–Kier alpha value is -4.35. The minimum absolute atomic E-state index is 0.0323. The molecule has 2 aliphatic rings. The Kier molecular flexibility index (Phi) is 5.19. The zero-order valence-corrected chi connectivity index (χ0v) is 18.0. The van der Waals surface area contributed by atoms with E-state index in [1.54, 1.807) is 25.2 Å². The fourth-order valence-electron chi connectivity index (χ4n) is 3.87. The normalized spacial score (nSPS) is 17.1. The summed E-state index contributed by atoms with van der Waals surface area (Å²) in [4.78, 5) is 54.5. The van der Waals surface area contributed by atoms with Crippen LogP contribution in [0.2, 0.25) is 0 Å². The van der Waals surface area contributed by atoms with Gasteiger partial charge in [-0.1, -0.05) is 6.07 Å². The number of nitrogens with zero attached hydrogens (tertiary/aromatic N) is 4. The molecule has 2 aliphatic heterocycles. The third-order valence-corrected chi connectivity index (χ3v) is 5.68. The third kappa shape index (κ3) is 3.83. The van der Waals surface area contributed by atoms with E-state index in [-0.39, 0.29) is 48.3 Å². The molecular weight excluding hydrogens is 447 g/mol. The van der Waals surface area contributed by atoms with Crippen LogP contribution < -0.4 is 15.4 Å². The van der Waals surface area contributed by atoms with Gasteiger partial charge in [-0.3, -0.25) is 19.2 Å². The number of halogens is 1. The van der Waals surface area contributed by atoms with Gasteiger partial charge in [0.2, 0.25) is 5.91 Å². The number of aromatic nitrogens is 3. The molecule has 11 nitrogen and oxygen atoms in total. The lowest BCUT2D eigenvalue weighted by Gasteiger charge is -2.35. The third-order valence-electron chi connectivity index (χ3n) is 5.68. The van der Waals surface area contributed by atoms with Crippen molar-refractivity contribution in [1.29, 1.82) is 0 Å². The fourth-order valence-corrected chi connectivity index (χ4v) is 3.87.